The molecule has 0 aliphatic heterocycles. The van der Waals surface area contributed by atoms with Crippen LogP contribution in [0.3, 0.4) is 0 Å². The zero-order valence-electron chi connectivity index (χ0n) is 12.5. The number of rotatable bonds is 6. The second-order valence-corrected chi connectivity index (χ2v) is 6.53. The molecule has 118 valence electrons. The Morgan fingerprint density at radius 1 is 1.32 bits per heavy atom. The van der Waals surface area contributed by atoms with Crippen LogP contribution in [0.5, 0.6) is 0 Å². The van der Waals surface area contributed by atoms with E-state index in [-0.39, 0.29) is 6.03 Å². The number of para-hydroxylation sites is 1. The highest BCUT2D eigenvalue weighted by Gasteiger charge is 2.11. The van der Waals surface area contributed by atoms with Gasteiger partial charge in [0.2, 0.25) is 10.3 Å². The smallest absolute Gasteiger partial charge is 0.325 e. The SMILES string of the molecule is CCCCN(C)c1nnc(NC(=O)Nc2ccccc2Br)s1. The molecule has 0 spiro atoms. The van der Waals surface area contributed by atoms with Crippen molar-refractivity contribution in [3.8, 4) is 0 Å². The van der Waals surface area contributed by atoms with Gasteiger partial charge in [-0.15, -0.1) is 10.2 Å². The van der Waals surface area contributed by atoms with Crippen LogP contribution in [-0.4, -0.2) is 29.8 Å². The number of aromatic nitrogens is 2. The van der Waals surface area contributed by atoms with E-state index in [9.17, 15) is 4.79 Å². The van der Waals surface area contributed by atoms with Crippen LogP contribution >= 0.6 is 27.3 Å². The molecule has 2 amide bonds. The maximum atomic E-state index is 12.0. The van der Waals surface area contributed by atoms with E-state index in [0.29, 0.717) is 10.8 Å². The number of amides is 2. The lowest BCUT2D eigenvalue weighted by Crippen LogP contribution is -2.19. The molecule has 0 bridgehead atoms. The van der Waals surface area contributed by atoms with Gasteiger partial charge in [-0.05, 0) is 34.5 Å². The summed E-state index contributed by atoms with van der Waals surface area (Å²) < 4.78 is 0.822. The van der Waals surface area contributed by atoms with Crippen molar-refractivity contribution >= 4 is 49.2 Å². The van der Waals surface area contributed by atoms with Gasteiger partial charge in [0.25, 0.3) is 0 Å². The van der Waals surface area contributed by atoms with Crippen molar-refractivity contribution in [2.24, 2.45) is 0 Å². The molecule has 0 radical (unpaired) electrons. The molecule has 0 unspecified atom stereocenters. The number of carbonyl (C=O) groups is 1. The molecule has 2 N–H and O–H groups in total. The third-order valence-electron chi connectivity index (χ3n) is 2.93. The van der Waals surface area contributed by atoms with Crippen molar-refractivity contribution in [1.29, 1.82) is 0 Å². The Hall–Kier alpha value is -1.67. The molecular formula is C14H18BrN5OS. The minimum absolute atomic E-state index is 0.342. The molecule has 0 fully saturated rings. The first-order valence-electron chi connectivity index (χ1n) is 6.97. The lowest BCUT2D eigenvalue weighted by Gasteiger charge is -2.13. The summed E-state index contributed by atoms with van der Waals surface area (Å²) in [7, 11) is 1.97. The fraction of sp³-hybridized carbons (Fsp3) is 0.357. The zero-order valence-corrected chi connectivity index (χ0v) is 14.9. The van der Waals surface area contributed by atoms with E-state index in [2.05, 4.69) is 43.7 Å². The predicted octanol–water partition coefficient (Wildman–Crippen LogP) is 4.18. The van der Waals surface area contributed by atoms with Gasteiger partial charge >= 0.3 is 6.03 Å². The molecule has 1 aromatic carbocycles. The average molecular weight is 384 g/mol. The summed E-state index contributed by atoms with van der Waals surface area (Å²) in [5.74, 6) is 0. The Kier molecular flexibility index (Phi) is 6.14. The molecule has 0 aliphatic rings. The largest absolute Gasteiger partial charge is 0.350 e. The number of hydrogen-bond donors (Lipinski definition) is 2. The lowest BCUT2D eigenvalue weighted by molar-refractivity contribution is 0.262. The van der Waals surface area contributed by atoms with Crippen LogP contribution in [0.4, 0.5) is 20.7 Å². The number of unbranched alkanes of at least 4 members (excludes halogenated alkanes) is 1. The molecule has 1 aromatic heterocycles. The highest BCUT2D eigenvalue weighted by molar-refractivity contribution is 9.10. The first kappa shape index (κ1) is 16.7. The van der Waals surface area contributed by atoms with Crippen LogP contribution in [-0.2, 0) is 0 Å². The molecule has 2 rings (SSSR count). The first-order chi connectivity index (χ1) is 10.6. The normalized spacial score (nSPS) is 10.3. The van der Waals surface area contributed by atoms with E-state index < -0.39 is 0 Å². The van der Waals surface area contributed by atoms with E-state index in [4.69, 9.17) is 0 Å². The average Bonchev–Trinajstić information content (AvgIpc) is 2.95. The Labute approximate surface area is 142 Å². The first-order valence-corrected chi connectivity index (χ1v) is 8.58. The van der Waals surface area contributed by atoms with Crippen molar-refractivity contribution in [2.45, 2.75) is 19.8 Å². The summed E-state index contributed by atoms with van der Waals surface area (Å²) in [6.45, 7) is 3.07. The van der Waals surface area contributed by atoms with Crippen molar-refractivity contribution in [1.82, 2.24) is 10.2 Å². The lowest BCUT2D eigenvalue weighted by atomic mass is 10.3. The van der Waals surface area contributed by atoms with Gasteiger partial charge < -0.3 is 10.2 Å². The summed E-state index contributed by atoms with van der Waals surface area (Å²) in [5.41, 5.74) is 0.699. The third-order valence-corrected chi connectivity index (χ3v) is 4.57. The predicted molar refractivity (Wildman–Crippen MR) is 94.9 cm³/mol. The molecule has 1 heterocycles. The van der Waals surface area contributed by atoms with Gasteiger partial charge in [0.1, 0.15) is 0 Å². The van der Waals surface area contributed by atoms with Gasteiger partial charge in [-0.2, -0.15) is 0 Å². The van der Waals surface area contributed by atoms with Crippen LogP contribution in [0.25, 0.3) is 0 Å². The number of anilines is 3. The fourth-order valence-electron chi connectivity index (χ4n) is 1.72. The third kappa shape index (κ3) is 4.67. The maximum Gasteiger partial charge on any atom is 0.325 e. The highest BCUT2D eigenvalue weighted by atomic mass is 79.9. The number of nitrogens with zero attached hydrogens (tertiary/aromatic N) is 3. The van der Waals surface area contributed by atoms with Crippen LogP contribution < -0.4 is 15.5 Å². The second kappa shape index (κ2) is 8.09. The van der Waals surface area contributed by atoms with Crippen LogP contribution in [0.2, 0.25) is 0 Å². The number of halogens is 1. The van der Waals surface area contributed by atoms with E-state index in [1.165, 1.54) is 11.3 Å². The van der Waals surface area contributed by atoms with Gasteiger partial charge in [0, 0.05) is 18.1 Å². The number of urea groups is 1. The van der Waals surface area contributed by atoms with Crippen molar-refractivity contribution in [3.63, 3.8) is 0 Å². The van der Waals surface area contributed by atoms with Crippen molar-refractivity contribution in [3.05, 3.63) is 28.7 Å². The summed E-state index contributed by atoms with van der Waals surface area (Å²) in [6.07, 6.45) is 2.23. The monoisotopic (exact) mass is 383 g/mol. The molecule has 8 heteroatoms. The van der Waals surface area contributed by atoms with Crippen molar-refractivity contribution < 1.29 is 4.79 Å². The molecular weight excluding hydrogens is 366 g/mol. The maximum absolute atomic E-state index is 12.0. The summed E-state index contributed by atoms with van der Waals surface area (Å²) in [5, 5.41) is 14.8. The van der Waals surface area contributed by atoms with Crippen LogP contribution in [0.15, 0.2) is 28.7 Å². The van der Waals surface area contributed by atoms with Gasteiger partial charge in [-0.3, -0.25) is 5.32 Å². The van der Waals surface area contributed by atoms with E-state index in [1.807, 2.05) is 36.2 Å². The van der Waals surface area contributed by atoms with Gasteiger partial charge in [-0.1, -0.05) is 36.8 Å². The number of benzene rings is 1. The summed E-state index contributed by atoms with van der Waals surface area (Å²) in [6, 6.07) is 7.07. The molecule has 6 nitrogen and oxygen atoms in total. The second-order valence-electron chi connectivity index (χ2n) is 4.72. The molecule has 2 aromatic rings. The minimum atomic E-state index is -0.342. The molecule has 22 heavy (non-hydrogen) atoms. The van der Waals surface area contributed by atoms with Gasteiger partial charge in [0.05, 0.1) is 5.69 Å². The molecule has 0 saturated heterocycles. The van der Waals surface area contributed by atoms with Gasteiger partial charge in [0.15, 0.2) is 0 Å². The van der Waals surface area contributed by atoms with E-state index in [0.717, 1.165) is 29.0 Å². The number of carbonyl (C=O) groups excluding carboxylic acids is 1. The van der Waals surface area contributed by atoms with E-state index >= 15 is 0 Å². The molecule has 0 saturated carbocycles. The standard InChI is InChI=1S/C14H18BrN5OS/c1-3-4-9-20(2)14-19-18-13(22-14)17-12(21)16-11-8-6-5-7-10(11)15/h5-8H,3-4,9H2,1-2H3,(H2,16,17,18,21). The quantitative estimate of drug-likeness (QED) is 0.784. The van der Waals surface area contributed by atoms with E-state index in [1.54, 1.807) is 0 Å². The van der Waals surface area contributed by atoms with Crippen LogP contribution in [0.1, 0.15) is 19.8 Å². The van der Waals surface area contributed by atoms with Crippen molar-refractivity contribution in [2.75, 3.05) is 29.1 Å². The fourth-order valence-corrected chi connectivity index (χ4v) is 2.84. The Bertz CT molecular complexity index is 633. The molecule has 0 atom stereocenters. The molecule has 0 aliphatic carbocycles. The summed E-state index contributed by atoms with van der Waals surface area (Å²) in [4.78, 5) is 14.0. The summed E-state index contributed by atoms with van der Waals surface area (Å²) >= 11 is 4.74. The minimum Gasteiger partial charge on any atom is -0.350 e. The van der Waals surface area contributed by atoms with Gasteiger partial charge in [-0.25, -0.2) is 4.79 Å². The Morgan fingerprint density at radius 3 is 2.82 bits per heavy atom. The Balaban J connectivity index is 1.92. The number of nitrogens with one attached hydrogen (secondary N) is 2. The zero-order chi connectivity index (χ0) is 15.9. The highest BCUT2D eigenvalue weighted by Crippen LogP contribution is 2.24. The number of hydrogen-bond acceptors (Lipinski definition) is 5. The topological polar surface area (TPSA) is 70.2 Å². The Morgan fingerprint density at radius 2 is 2.09 bits per heavy atom. The van der Waals surface area contributed by atoms with Crippen LogP contribution in [0, 0.1) is 0 Å².